The van der Waals surface area contributed by atoms with Crippen LogP contribution in [0, 0.1) is 12.7 Å². The minimum atomic E-state index is -0.902. The summed E-state index contributed by atoms with van der Waals surface area (Å²) in [6, 6.07) is 11.7. The fraction of sp³-hybridized carbons (Fsp3) is 0.294. The molecule has 0 amide bonds. The smallest absolute Gasteiger partial charge is 0.125 e. The van der Waals surface area contributed by atoms with Crippen molar-refractivity contribution in [3.63, 3.8) is 0 Å². The zero-order chi connectivity index (χ0) is 14.7. The average molecular weight is 274 g/mol. The maximum absolute atomic E-state index is 13.4. The lowest BCUT2D eigenvalue weighted by molar-refractivity contribution is 0.197. The van der Waals surface area contributed by atoms with Gasteiger partial charge in [0.1, 0.15) is 17.7 Å². The van der Waals surface area contributed by atoms with E-state index < -0.39 is 6.10 Å². The van der Waals surface area contributed by atoms with Crippen LogP contribution in [0.4, 0.5) is 4.39 Å². The van der Waals surface area contributed by atoms with Crippen molar-refractivity contribution in [1.82, 2.24) is 0 Å². The molecule has 0 bridgehead atoms. The van der Waals surface area contributed by atoms with Crippen LogP contribution in [-0.4, -0.2) is 11.2 Å². The van der Waals surface area contributed by atoms with E-state index in [1.165, 1.54) is 12.1 Å². The maximum Gasteiger partial charge on any atom is 0.125 e. The Morgan fingerprint density at radius 3 is 2.45 bits per heavy atom. The number of aliphatic hydroxyl groups is 1. The molecule has 0 aliphatic carbocycles. The van der Waals surface area contributed by atoms with Gasteiger partial charge in [0.05, 0.1) is 6.10 Å². The summed E-state index contributed by atoms with van der Waals surface area (Å²) in [4.78, 5) is 0. The van der Waals surface area contributed by atoms with Gasteiger partial charge in [-0.15, -0.1) is 0 Å². The summed E-state index contributed by atoms with van der Waals surface area (Å²) in [5.41, 5.74) is 2.05. The minimum Gasteiger partial charge on any atom is -0.491 e. The number of aryl methyl sites for hydroxylation is 1. The second kappa shape index (κ2) is 6.06. The number of ether oxygens (including phenoxy) is 1. The first-order valence-corrected chi connectivity index (χ1v) is 6.68. The number of para-hydroxylation sites is 1. The Hall–Kier alpha value is -1.87. The van der Waals surface area contributed by atoms with Crippen molar-refractivity contribution >= 4 is 0 Å². The summed E-state index contributed by atoms with van der Waals surface area (Å²) < 4.78 is 19.1. The molecule has 2 aromatic rings. The molecule has 0 radical (unpaired) electrons. The third-order valence-electron chi connectivity index (χ3n) is 3.11. The van der Waals surface area contributed by atoms with Crippen molar-refractivity contribution < 1.29 is 14.2 Å². The molecule has 2 nitrogen and oxygen atoms in total. The molecule has 3 heteroatoms. The molecule has 0 aliphatic heterocycles. The van der Waals surface area contributed by atoms with E-state index in [1.807, 2.05) is 39.0 Å². The molecule has 0 fully saturated rings. The van der Waals surface area contributed by atoms with Crippen LogP contribution in [0.5, 0.6) is 5.75 Å². The lowest BCUT2D eigenvalue weighted by Crippen LogP contribution is -2.10. The Morgan fingerprint density at radius 1 is 1.05 bits per heavy atom. The van der Waals surface area contributed by atoms with Crippen molar-refractivity contribution in [1.29, 1.82) is 0 Å². The quantitative estimate of drug-likeness (QED) is 0.913. The van der Waals surface area contributed by atoms with Crippen molar-refractivity contribution in [2.45, 2.75) is 33.0 Å². The molecule has 1 atom stereocenters. The van der Waals surface area contributed by atoms with Gasteiger partial charge in [0.15, 0.2) is 0 Å². The van der Waals surface area contributed by atoms with Crippen molar-refractivity contribution in [2.75, 3.05) is 0 Å². The van der Waals surface area contributed by atoms with E-state index in [9.17, 15) is 9.50 Å². The molecule has 0 heterocycles. The fourth-order valence-electron chi connectivity index (χ4n) is 2.14. The third kappa shape index (κ3) is 3.17. The molecule has 0 aromatic heterocycles. The number of halogens is 1. The van der Waals surface area contributed by atoms with Gasteiger partial charge in [-0.2, -0.15) is 0 Å². The first-order chi connectivity index (χ1) is 9.49. The zero-order valence-corrected chi connectivity index (χ0v) is 11.9. The second-order valence-corrected chi connectivity index (χ2v) is 5.11. The number of benzene rings is 2. The number of aliphatic hydroxyl groups excluding tert-OH is 1. The predicted octanol–water partition coefficient (Wildman–Crippen LogP) is 4.00. The van der Waals surface area contributed by atoms with Gasteiger partial charge in [0.25, 0.3) is 0 Å². The summed E-state index contributed by atoms with van der Waals surface area (Å²) in [6.07, 6.45) is -0.891. The van der Waals surface area contributed by atoms with Crippen molar-refractivity contribution in [3.05, 3.63) is 65.0 Å². The van der Waals surface area contributed by atoms with Crippen LogP contribution in [0.15, 0.2) is 42.5 Å². The van der Waals surface area contributed by atoms with Crippen LogP contribution < -0.4 is 4.74 Å². The summed E-state index contributed by atoms with van der Waals surface area (Å²) in [5.74, 6) is 0.269. The van der Waals surface area contributed by atoms with Crippen molar-refractivity contribution in [2.24, 2.45) is 0 Å². The third-order valence-corrected chi connectivity index (χ3v) is 3.11. The van der Waals surface area contributed by atoms with Crippen LogP contribution >= 0.6 is 0 Å². The van der Waals surface area contributed by atoms with E-state index in [1.54, 1.807) is 12.1 Å². The standard InChI is InChI=1S/C17H19FO2/c1-11(2)20-16-7-5-4-6-14(16)17(19)15-10-13(18)9-8-12(15)3/h4-11,17,19H,1-3H3. The monoisotopic (exact) mass is 274 g/mol. The van der Waals surface area contributed by atoms with E-state index >= 15 is 0 Å². The highest BCUT2D eigenvalue weighted by Crippen LogP contribution is 2.32. The van der Waals surface area contributed by atoms with E-state index in [0.717, 1.165) is 5.56 Å². The molecule has 20 heavy (non-hydrogen) atoms. The highest BCUT2D eigenvalue weighted by Gasteiger charge is 2.18. The highest BCUT2D eigenvalue weighted by atomic mass is 19.1. The van der Waals surface area contributed by atoms with E-state index in [0.29, 0.717) is 16.9 Å². The molecule has 106 valence electrons. The summed E-state index contributed by atoms with van der Waals surface area (Å²) in [5, 5.41) is 10.5. The van der Waals surface area contributed by atoms with Crippen LogP contribution in [0.25, 0.3) is 0 Å². The summed E-state index contributed by atoms with van der Waals surface area (Å²) in [6.45, 7) is 5.71. The molecule has 0 aliphatic rings. The SMILES string of the molecule is Cc1ccc(F)cc1C(O)c1ccccc1OC(C)C. The maximum atomic E-state index is 13.4. The fourth-order valence-corrected chi connectivity index (χ4v) is 2.14. The largest absolute Gasteiger partial charge is 0.491 e. The molecule has 1 unspecified atom stereocenters. The van der Waals surface area contributed by atoms with E-state index in [-0.39, 0.29) is 11.9 Å². The van der Waals surface area contributed by atoms with Gasteiger partial charge in [-0.1, -0.05) is 24.3 Å². The van der Waals surface area contributed by atoms with Crippen LogP contribution in [-0.2, 0) is 0 Å². The first kappa shape index (κ1) is 14.5. The first-order valence-electron chi connectivity index (χ1n) is 6.68. The lowest BCUT2D eigenvalue weighted by Gasteiger charge is -2.19. The Labute approximate surface area is 118 Å². The van der Waals surface area contributed by atoms with E-state index in [2.05, 4.69) is 0 Å². The Bertz CT molecular complexity index is 593. The predicted molar refractivity (Wildman–Crippen MR) is 77.4 cm³/mol. The second-order valence-electron chi connectivity index (χ2n) is 5.11. The number of hydrogen-bond acceptors (Lipinski definition) is 2. The van der Waals surface area contributed by atoms with Crippen LogP contribution in [0.3, 0.4) is 0 Å². The minimum absolute atomic E-state index is 0.0111. The van der Waals surface area contributed by atoms with Crippen LogP contribution in [0.2, 0.25) is 0 Å². The summed E-state index contributed by atoms with van der Waals surface area (Å²) in [7, 11) is 0. The van der Waals surface area contributed by atoms with Gasteiger partial charge in [-0.3, -0.25) is 0 Å². The molecule has 2 rings (SSSR count). The highest BCUT2D eigenvalue weighted by molar-refractivity contribution is 5.42. The molecule has 2 aromatic carbocycles. The van der Waals surface area contributed by atoms with Gasteiger partial charge < -0.3 is 9.84 Å². The van der Waals surface area contributed by atoms with Gasteiger partial charge in [0, 0.05) is 5.56 Å². The molecular formula is C17H19FO2. The topological polar surface area (TPSA) is 29.5 Å². The van der Waals surface area contributed by atoms with Gasteiger partial charge in [-0.25, -0.2) is 4.39 Å². The average Bonchev–Trinajstić information content (AvgIpc) is 2.41. The zero-order valence-electron chi connectivity index (χ0n) is 11.9. The number of rotatable bonds is 4. The molecule has 0 saturated heterocycles. The van der Waals surface area contributed by atoms with Crippen molar-refractivity contribution in [3.8, 4) is 5.75 Å². The van der Waals surface area contributed by atoms with Crippen LogP contribution in [0.1, 0.15) is 36.6 Å². The Morgan fingerprint density at radius 2 is 1.75 bits per heavy atom. The normalized spacial score (nSPS) is 12.5. The van der Waals surface area contributed by atoms with E-state index in [4.69, 9.17) is 4.74 Å². The number of hydrogen-bond donors (Lipinski definition) is 1. The molecule has 1 N–H and O–H groups in total. The summed E-state index contributed by atoms with van der Waals surface area (Å²) >= 11 is 0. The Balaban J connectivity index is 2.42. The van der Waals surface area contributed by atoms with Gasteiger partial charge in [-0.05, 0) is 50.1 Å². The van der Waals surface area contributed by atoms with Gasteiger partial charge >= 0.3 is 0 Å². The van der Waals surface area contributed by atoms with Gasteiger partial charge in [0.2, 0.25) is 0 Å². The molecule has 0 saturated carbocycles. The molecule has 0 spiro atoms. The molecular weight excluding hydrogens is 255 g/mol. The lowest BCUT2D eigenvalue weighted by atomic mass is 9.96. The Kier molecular flexibility index (Phi) is 4.40.